The Balaban J connectivity index is 1.69. The lowest BCUT2D eigenvalue weighted by Crippen LogP contribution is -2.52. The van der Waals surface area contributed by atoms with Crippen molar-refractivity contribution in [1.29, 1.82) is 0 Å². The first-order valence-electron chi connectivity index (χ1n) is 7.04. The summed E-state index contributed by atoms with van der Waals surface area (Å²) in [6, 6.07) is 6.06. The van der Waals surface area contributed by atoms with Crippen LogP contribution < -0.4 is 5.32 Å². The molecule has 3 amide bonds. The van der Waals surface area contributed by atoms with Crippen molar-refractivity contribution in [3.05, 3.63) is 35.4 Å². The lowest BCUT2D eigenvalue weighted by molar-refractivity contribution is 0.0539. The summed E-state index contributed by atoms with van der Waals surface area (Å²) in [5.74, 6) is 0.0657. The van der Waals surface area contributed by atoms with Crippen LogP contribution in [0.15, 0.2) is 24.3 Å². The molecule has 0 radical (unpaired) electrons. The highest BCUT2D eigenvalue weighted by Gasteiger charge is 2.59. The van der Waals surface area contributed by atoms with E-state index >= 15 is 0 Å². The predicted octanol–water partition coefficient (Wildman–Crippen LogP) is 1.33. The van der Waals surface area contributed by atoms with Crippen LogP contribution in [0.2, 0.25) is 0 Å². The van der Waals surface area contributed by atoms with Gasteiger partial charge in [0.25, 0.3) is 11.8 Å². The summed E-state index contributed by atoms with van der Waals surface area (Å²) in [5, 5.41) is 11.4. The molecule has 2 fully saturated rings. The van der Waals surface area contributed by atoms with E-state index in [1.54, 1.807) is 24.3 Å². The summed E-state index contributed by atoms with van der Waals surface area (Å²) in [6.45, 7) is 0. The zero-order chi connectivity index (χ0) is 14.7. The molecule has 4 atom stereocenters. The van der Waals surface area contributed by atoms with Crippen molar-refractivity contribution >= 4 is 17.9 Å². The van der Waals surface area contributed by atoms with Gasteiger partial charge in [-0.25, -0.2) is 4.79 Å². The quantitative estimate of drug-likeness (QED) is 0.803. The van der Waals surface area contributed by atoms with Gasteiger partial charge in [-0.05, 0) is 36.8 Å². The molecule has 0 spiro atoms. The topological polar surface area (TPSA) is 86.7 Å². The van der Waals surface area contributed by atoms with Crippen molar-refractivity contribution in [2.75, 3.05) is 0 Å². The molecular formula is C15H14N2O4. The van der Waals surface area contributed by atoms with Gasteiger partial charge in [-0.1, -0.05) is 12.1 Å². The van der Waals surface area contributed by atoms with Crippen LogP contribution in [0.5, 0.6) is 0 Å². The van der Waals surface area contributed by atoms with Gasteiger partial charge in [-0.15, -0.1) is 0 Å². The number of carbonyl (C=O) groups excluding carboxylic acids is 2. The van der Waals surface area contributed by atoms with Crippen molar-refractivity contribution < 1.29 is 19.5 Å². The van der Waals surface area contributed by atoms with Gasteiger partial charge in [-0.2, -0.15) is 0 Å². The zero-order valence-electron chi connectivity index (χ0n) is 11.2. The van der Waals surface area contributed by atoms with Gasteiger partial charge in [0.1, 0.15) is 0 Å². The fraction of sp³-hybridized carbons (Fsp3) is 0.400. The number of carbonyl (C=O) groups is 3. The van der Waals surface area contributed by atoms with Crippen molar-refractivity contribution in [2.24, 2.45) is 11.8 Å². The Morgan fingerprint density at radius 1 is 1.14 bits per heavy atom. The van der Waals surface area contributed by atoms with E-state index < -0.39 is 6.09 Å². The molecule has 0 unspecified atom stereocenters. The van der Waals surface area contributed by atoms with E-state index in [1.807, 2.05) is 0 Å². The lowest BCUT2D eigenvalue weighted by Gasteiger charge is -2.29. The summed E-state index contributed by atoms with van der Waals surface area (Å²) < 4.78 is 0. The minimum Gasteiger partial charge on any atom is -0.465 e. The van der Waals surface area contributed by atoms with Crippen LogP contribution in [-0.4, -0.2) is 40.0 Å². The van der Waals surface area contributed by atoms with Crippen LogP contribution >= 0.6 is 0 Å². The molecule has 6 heteroatoms. The van der Waals surface area contributed by atoms with E-state index in [9.17, 15) is 14.4 Å². The Kier molecular flexibility index (Phi) is 2.40. The van der Waals surface area contributed by atoms with Gasteiger partial charge in [0, 0.05) is 0 Å². The van der Waals surface area contributed by atoms with Crippen LogP contribution in [0, 0.1) is 11.8 Å². The maximum atomic E-state index is 12.5. The number of carboxylic acid groups (broad SMARTS) is 1. The first-order valence-corrected chi connectivity index (χ1v) is 7.04. The number of benzene rings is 1. The van der Waals surface area contributed by atoms with Crippen LogP contribution in [0.1, 0.15) is 33.6 Å². The highest BCUT2D eigenvalue weighted by atomic mass is 16.4. The lowest BCUT2D eigenvalue weighted by atomic mass is 10.1. The van der Waals surface area contributed by atoms with E-state index in [-0.39, 0.29) is 29.8 Å². The van der Waals surface area contributed by atoms with Gasteiger partial charge >= 0.3 is 6.09 Å². The average Bonchev–Trinajstić information content (AvgIpc) is 3.06. The van der Waals surface area contributed by atoms with E-state index in [1.165, 1.54) is 4.90 Å². The second-order valence-corrected chi connectivity index (χ2v) is 5.97. The first kappa shape index (κ1) is 12.4. The van der Waals surface area contributed by atoms with Crippen molar-refractivity contribution in [2.45, 2.75) is 24.9 Å². The molecule has 1 aromatic carbocycles. The number of nitrogens with zero attached hydrogens (tertiary/aromatic N) is 1. The summed E-state index contributed by atoms with van der Waals surface area (Å²) in [5.41, 5.74) is 0.835. The summed E-state index contributed by atoms with van der Waals surface area (Å²) in [6.07, 6.45) is 0.563. The van der Waals surface area contributed by atoms with Crippen LogP contribution in [-0.2, 0) is 0 Å². The smallest absolute Gasteiger partial charge is 0.404 e. The number of rotatable bonds is 2. The molecule has 3 aliphatic rings. The third-order valence-electron chi connectivity index (χ3n) is 4.82. The molecule has 1 aromatic rings. The molecule has 4 rings (SSSR count). The second-order valence-electron chi connectivity index (χ2n) is 5.97. The van der Waals surface area contributed by atoms with E-state index in [4.69, 9.17) is 5.11 Å². The number of hydrogen-bond acceptors (Lipinski definition) is 3. The number of fused-ring (bicyclic) bond motifs is 2. The van der Waals surface area contributed by atoms with Crippen molar-refractivity contribution in [3.63, 3.8) is 0 Å². The highest BCUT2D eigenvalue weighted by molar-refractivity contribution is 6.21. The molecule has 0 aromatic heterocycles. The zero-order valence-corrected chi connectivity index (χ0v) is 11.2. The highest BCUT2D eigenvalue weighted by Crippen LogP contribution is 2.54. The van der Waals surface area contributed by atoms with Crippen LogP contribution in [0.25, 0.3) is 0 Å². The largest absolute Gasteiger partial charge is 0.465 e. The molecular weight excluding hydrogens is 272 g/mol. The van der Waals surface area contributed by atoms with Crippen LogP contribution in [0.4, 0.5) is 4.79 Å². The normalized spacial score (nSPS) is 32.9. The van der Waals surface area contributed by atoms with E-state index in [0.717, 1.165) is 6.42 Å². The molecule has 0 saturated heterocycles. The molecule has 1 aliphatic heterocycles. The van der Waals surface area contributed by atoms with Gasteiger partial charge in [0.15, 0.2) is 0 Å². The molecule has 2 saturated carbocycles. The Hall–Kier alpha value is -2.37. The maximum absolute atomic E-state index is 12.5. The maximum Gasteiger partial charge on any atom is 0.404 e. The van der Waals surface area contributed by atoms with Gasteiger partial charge in [0.05, 0.1) is 23.2 Å². The third-order valence-corrected chi connectivity index (χ3v) is 4.82. The standard InChI is InChI=1S/C15H14N2O4/c18-13-8-3-1-2-4-9(8)14(19)17(13)12-10-5-7(10)6-11(12)16-15(20)21/h1-4,7,10-12,16H,5-6H2,(H,20,21)/t7-,10+,11+,12+/m1/s1. The molecule has 0 bridgehead atoms. The Morgan fingerprint density at radius 2 is 1.76 bits per heavy atom. The number of hydrogen-bond donors (Lipinski definition) is 2. The van der Waals surface area contributed by atoms with Crippen molar-refractivity contribution in [1.82, 2.24) is 10.2 Å². The molecule has 108 valence electrons. The van der Waals surface area contributed by atoms with Gasteiger partial charge in [0.2, 0.25) is 0 Å². The van der Waals surface area contributed by atoms with Crippen LogP contribution in [0.3, 0.4) is 0 Å². The average molecular weight is 286 g/mol. The van der Waals surface area contributed by atoms with Crippen molar-refractivity contribution in [3.8, 4) is 0 Å². The minimum atomic E-state index is -1.11. The Morgan fingerprint density at radius 3 is 2.33 bits per heavy atom. The number of amides is 3. The SMILES string of the molecule is O=C(O)N[C@H]1C[C@H]2C[C@@H]2[C@@H]1N1C(=O)c2ccccc2C1=O. The molecule has 6 nitrogen and oxygen atoms in total. The minimum absolute atomic E-state index is 0.240. The Bertz CT molecular complexity index is 636. The Labute approximate surface area is 120 Å². The fourth-order valence-corrected chi connectivity index (χ4v) is 3.88. The molecule has 21 heavy (non-hydrogen) atoms. The van der Waals surface area contributed by atoms with Gasteiger partial charge < -0.3 is 10.4 Å². The summed E-state index contributed by atoms with van der Waals surface area (Å²) >= 11 is 0. The third kappa shape index (κ3) is 1.68. The fourth-order valence-electron chi connectivity index (χ4n) is 3.88. The van der Waals surface area contributed by atoms with Gasteiger partial charge in [-0.3, -0.25) is 14.5 Å². The summed E-state index contributed by atoms with van der Waals surface area (Å²) in [4.78, 5) is 37.2. The molecule has 2 N–H and O–H groups in total. The first-order chi connectivity index (χ1) is 10.1. The molecule has 2 aliphatic carbocycles. The second kappa shape index (κ2) is 4.07. The monoisotopic (exact) mass is 286 g/mol. The van der Waals surface area contributed by atoms with E-state index in [2.05, 4.69) is 5.32 Å². The number of nitrogens with one attached hydrogen (secondary N) is 1. The number of imide groups is 1. The summed E-state index contributed by atoms with van der Waals surface area (Å²) in [7, 11) is 0. The van der Waals surface area contributed by atoms with E-state index in [0.29, 0.717) is 23.5 Å². The molecule has 1 heterocycles. The predicted molar refractivity (Wildman–Crippen MR) is 71.9 cm³/mol.